The molecule has 132 valence electrons. The Kier molecular flexibility index (Phi) is 6.91. The molecule has 0 aromatic heterocycles. The first kappa shape index (κ1) is 18.6. The maximum Gasteiger partial charge on any atom is 0.321 e. The number of nitrogens with zero attached hydrogens (tertiary/aromatic N) is 1. The van der Waals surface area contributed by atoms with Gasteiger partial charge in [-0.25, -0.2) is 4.79 Å². The maximum absolute atomic E-state index is 12.4. The van der Waals surface area contributed by atoms with Crippen molar-refractivity contribution in [2.75, 3.05) is 18.4 Å². The number of urea groups is 1. The van der Waals surface area contributed by atoms with Crippen LogP contribution >= 0.6 is 11.6 Å². The molecule has 1 aliphatic rings. The zero-order chi connectivity index (χ0) is 17.5. The maximum atomic E-state index is 12.4. The van der Waals surface area contributed by atoms with E-state index in [2.05, 4.69) is 10.6 Å². The molecule has 24 heavy (non-hydrogen) atoms. The largest absolute Gasteiger partial charge is 0.354 e. The van der Waals surface area contributed by atoms with Gasteiger partial charge in [-0.05, 0) is 63.3 Å². The molecule has 0 bridgehead atoms. The van der Waals surface area contributed by atoms with Gasteiger partial charge in [0.05, 0.1) is 0 Å². The molecule has 6 heteroatoms. The Morgan fingerprint density at radius 2 is 2.00 bits per heavy atom. The van der Waals surface area contributed by atoms with E-state index in [1.54, 1.807) is 24.3 Å². The smallest absolute Gasteiger partial charge is 0.321 e. The number of halogens is 1. The van der Waals surface area contributed by atoms with Gasteiger partial charge in [-0.15, -0.1) is 0 Å². The predicted molar refractivity (Wildman–Crippen MR) is 97.3 cm³/mol. The molecule has 0 radical (unpaired) electrons. The molecular weight excluding hydrogens is 326 g/mol. The van der Waals surface area contributed by atoms with Gasteiger partial charge >= 0.3 is 6.03 Å². The first-order chi connectivity index (χ1) is 11.4. The van der Waals surface area contributed by atoms with E-state index in [1.165, 1.54) is 0 Å². The van der Waals surface area contributed by atoms with Gasteiger partial charge in [0.1, 0.15) is 0 Å². The zero-order valence-corrected chi connectivity index (χ0v) is 15.1. The average Bonchev–Trinajstić information content (AvgIpc) is 2.55. The summed E-state index contributed by atoms with van der Waals surface area (Å²) < 4.78 is 0. The minimum Gasteiger partial charge on any atom is -0.354 e. The molecule has 2 rings (SSSR count). The lowest BCUT2D eigenvalue weighted by Crippen LogP contribution is -2.42. The van der Waals surface area contributed by atoms with Crippen LogP contribution in [-0.4, -0.2) is 36.0 Å². The van der Waals surface area contributed by atoms with E-state index >= 15 is 0 Å². The van der Waals surface area contributed by atoms with Crippen molar-refractivity contribution in [1.82, 2.24) is 10.2 Å². The third kappa shape index (κ3) is 6.04. The topological polar surface area (TPSA) is 61.4 Å². The molecule has 0 spiro atoms. The number of carbonyl (C=O) groups is 2. The molecule has 1 atom stereocenters. The number of benzene rings is 1. The van der Waals surface area contributed by atoms with Crippen LogP contribution in [0.15, 0.2) is 24.3 Å². The number of piperidine rings is 1. The van der Waals surface area contributed by atoms with Crippen molar-refractivity contribution in [2.24, 2.45) is 5.92 Å². The molecule has 1 aromatic rings. The monoisotopic (exact) mass is 351 g/mol. The second kappa shape index (κ2) is 8.92. The van der Waals surface area contributed by atoms with Gasteiger partial charge in [0, 0.05) is 36.3 Å². The fourth-order valence-corrected chi connectivity index (χ4v) is 3.08. The van der Waals surface area contributed by atoms with E-state index in [1.807, 2.05) is 18.7 Å². The van der Waals surface area contributed by atoms with Crippen molar-refractivity contribution < 1.29 is 9.59 Å². The van der Waals surface area contributed by atoms with Crippen LogP contribution in [0.2, 0.25) is 5.02 Å². The Hall–Kier alpha value is -1.75. The highest BCUT2D eigenvalue weighted by Crippen LogP contribution is 2.22. The summed E-state index contributed by atoms with van der Waals surface area (Å²) in [5.41, 5.74) is 0.739. The molecule has 1 aliphatic heterocycles. The van der Waals surface area contributed by atoms with Gasteiger partial charge < -0.3 is 15.5 Å². The van der Waals surface area contributed by atoms with Crippen molar-refractivity contribution in [3.8, 4) is 0 Å². The lowest BCUT2D eigenvalue weighted by molar-refractivity contribution is -0.121. The van der Waals surface area contributed by atoms with Gasteiger partial charge in [0.2, 0.25) is 5.91 Å². The first-order valence-electron chi connectivity index (χ1n) is 8.55. The average molecular weight is 352 g/mol. The lowest BCUT2D eigenvalue weighted by Gasteiger charge is -2.32. The van der Waals surface area contributed by atoms with Crippen molar-refractivity contribution in [3.05, 3.63) is 29.3 Å². The summed E-state index contributed by atoms with van der Waals surface area (Å²) in [4.78, 5) is 26.0. The van der Waals surface area contributed by atoms with Crippen LogP contribution in [-0.2, 0) is 4.79 Å². The van der Waals surface area contributed by atoms with Gasteiger partial charge in [0.25, 0.3) is 0 Å². The number of hydrogen-bond donors (Lipinski definition) is 2. The SMILES string of the molecule is CC(C)NC(=O)CC[C@H]1CCCN(C(=O)Nc2ccc(Cl)cc2)C1. The van der Waals surface area contributed by atoms with Crippen LogP contribution in [0.1, 0.15) is 39.5 Å². The Morgan fingerprint density at radius 3 is 2.67 bits per heavy atom. The highest BCUT2D eigenvalue weighted by atomic mass is 35.5. The normalized spacial score (nSPS) is 17.7. The van der Waals surface area contributed by atoms with Crippen LogP contribution in [0.5, 0.6) is 0 Å². The molecule has 3 amide bonds. The van der Waals surface area contributed by atoms with Crippen molar-refractivity contribution in [1.29, 1.82) is 0 Å². The van der Waals surface area contributed by atoms with Crippen LogP contribution in [0, 0.1) is 5.92 Å². The van der Waals surface area contributed by atoms with Crippen LogP contribution in [0.4, 0.5) is 10.5 Å². The quantitative estimate of drug-likeness (QED) is 0.845. The standard InChI is InChI=1S/C18H26ClN3O2/c1-13(2)20-17(23)10-5-14-4-3-11-22(12-14)18(24)21-16-8-6-15(19)7-9-16/h6-9,13-14H,3-5,10-12H2,1-2H3,(H,20,23)(H,21,24)/t14-/m1/s1. The molecule has 0 unspecified atom stereocenters. The number of carbonyl (C=O) groups excluding carboxylic acids is 2. The lowest BCUT2D eigenvalue weighted by atomic mass is 9.93. The summed E-state index contributed by atoms with van der Waals surface area (Å²) in [5, 5.41) is 6.45. The van der Waals surface area contributed by atoms with Gasteiger partial charge in [-0.1, -0.05) is 11.6 Å². The van der Waals surface area contributed by atoms with E-state index in [9.17, 15) is 9.59 Å². The van der Waals surface area contributed by atoms with E-state index < -0.39 is 0 Å². The third-order valence-electron chi connectivity index (χ3n) is 4.13. The van der Waals surface area contributed by atoms with E-state index in [0.29, 0.717) is 23.9 Å². The summed E-state index contributed by atoms with van der Waals surface area (Å²) in [5.74, 6) is 0.473. The van der Waals surface area contributed by atoms with Crippen LogP contribution in [0.3, 0.4) is 0 Å². The summed E-state index contributed by atoms with van der Waals surface area (Å²) in [6.45, 7) is 5.38. The molecule has 5 nitrogen and oxygen atoms in total. The second-order valence-corrected chi connectivity index (χ2v) is 7.09. The second-order valence-electron chi connectivity index (χ2n) is 6.65. The highest BCUT2D eigenvalue weighted by molar-refractivity contribution is 6.30. The van der Waals surface area contributed by atoms with E-state index in [4.69, 9.17) is 11.6 Å². The van der Waals surface area contributed by atoms with Crippen molar-refractivity contribution in [3.63, 3.8) is 0 Å². The highest BCUT2D eigenvalue weighted by Gasteiger charge is 2.24. The number of rotatable bonds is 5. The number of anilines is 1. The molecule has 1 fully saturated rings. The third-order valence-corrected chi connectivity index (χ3v) is 4.38. The van der Waals surface area contributed by atoms with Crippen molar-refractivity contribution >= 4 is 29.2 Å². The molecule has 0 aliphatic carbocycles. The number of amides is 3. The Bertz CT molecular complexity index is 560. The predicted octanol–water partition coefficient (Wildman–Crippen LogP) is 3.89. The van der Waals surface area contributed by atoms with Crippen LogP contribution in [0.25, 0.3) is 0 Å². The summed E-state index contributed by atoms with van der Waals surface area (Å²) >= 11 is 5.85. The summed E-state index contributed by atoms with van der Waals surface area (Å²) in [7, 11) is 0. The van der Waals surface area contributed by atoms with Gasteiger partial charge in [0.15, 0.2) is 0 Å². The summed E-state index contributed by atoms with van der Waals surface area (Å²) in [6.07, 6.45) is 3.39. The molecule has 0 saturated carbocycles. The molecule has 1 saturated heterocycles. The number of hydrogen-bond acceptors (Lipinski definition) is 2. The van der Waals surface area contributed by atoms with Crippen LogP contribution < -0.4 is 10.6 Å². The van der Waals surface area contributed by atoms with Gasteiger partial charge in [-0.2, -0.15) is 0 Å². The Labute approximate surface area is 148 Å². The summed E-state index contributed by atoms with van der Waals surface area (Å²) in [6, 6.07) is 7.17. The molecule has 1 heterocycles. The zero-order valence-electron chi connectivity index (χ0n) is 14.3. The molecule has 1 aromatic carbocycles. The minimum absolute atomic E-state index is 0.0892. The van der Waals surface area contributed by atoms with Gasteiger partial charge in [-0.3, -0.25) is 4.79 Å². The minimum atomic E-state index is -0.0892. The fourth-order valence-electron chi connectivity index (χ4n) is 2.95. The number of likely N-dealkylation sites (tertiary alicyclic amines) is 1. The number of nitrogens with one attached hydrogen (secondary N) is 2. The Morgan fingerprint density at radius 1 is 1.29 bits per heavy atom. The van der Waals surface area contributed by atoms with E-state index in [0.717, 1.165) is 31.5 Å². The first-order valence-corrected chi connectivity index (χ1v) is 8.92. The van der Waals surface area contributed by atoms with Crippen molar-refractivity contribution in [2.45, 2.75) is 45.6 Å². The van der Waals surface area contributed by atoms with E-state index in [-0.39, 0.29) is 18.0 Å². The Balaban J connectivity index is 1.80. The molecule has 2 N–H and O–H groups in total. The fraction of sp³-hybridized carbons (Fsp3) is 0.556. The molecular formula is C18H26ClN3O2.